The third-order valence-electron chi connectivity index (χ3n) is 8.80. The van der Waals surface area contributed by atoms with Crippen molar-refractivity contribution in [2.24, 2.45) is 11.3 Å². The number of allylic oxidation sites excluding steroid dienone is 1. The van der Waals surface area contributed by atoms with E-state index in [1.54, 1.807) is 19.4 Å². The highest BCUT2D eigenvalue weighted by Crippen LogP contribution is 2.53. The number of rotatable bonds is 15. The number of aryl methyl sites for hydroxylation is 1. The van der Waals surface area contributed by atoms with Crippen molar-refractivity contribution in [3.8, 4) is 0 Å². The highest BCUT2D eigenvalue weighted by atomic mass is 19.1. The normalized spacial score (nSPS) is 22.2. The molecule has 2 aromatic rings. The Bertz CT molecular complexity index is 919. The number of alkyl halides is 1. The Morgan fingerprint density at radius 3 is 2.30 bits per heavy atom. The van der Waals surface area contributed by atoms with Gasteiger partial charge < -0.3 is 0 Å². The van der Waals surface area contributed by atoms with Gasteiger partial charge in [-0.15, -0.1) is 0 Å². The largest absolute Gasteiger partial charge is 0.245 e. The lowest BCUT2D eigenvalue weighted by atomic mass is 9.59. The van der Waals surface area contributed by atoms with Crippen molar-refractivity contribution in [3.63, 3.8) is 0 Å². The molecule has 2 aromatic carbocycles. The van der Waals surface area contributed by atoms with Crippen LogP contribution in [-0.4, -0.2) is 5.67 Å². The summed E-state index contributed by atoms with van der Waals surface area (Å²) in [6.45, 7) is 12.6. The van der Waals surface area contributed by atoms with E-state index in [-0.39, 0.29) is 0 Å². The third kappa shape index (κ3) is 9.73. The molecule has 3 atom stereocenters. The first kappa shape index (κ1) is 29.7. The molecular weight excluding hydrogens is 451 g/mol. The van der Waals surface area contributed by atoms with Crippen molar-refractivity contribution < 1.29 is 4.39 Å². The molecule has 204 valence electrons. The van der Waals surface area contributed by atoms with Crippen molar-refractivity contribution in [1.82, 2.24) is 0 Å². The first-order valence-electron chi connectivity index (χ1n) is 15.2. The van der Waals surface area contributed by atoms with Crippen LogP contribution in [0.3, 0.4) is 0 Å². The zero-order chi connectivity index (χ0) is 26.7. The average Bonchev–Trinajstić information content (AvgIpc) is 2.87. The van der Waals surface area contributed by atoms with Crippen molar-refractivity contribution >= 4 is 5.57 Å². The topological polar surface area (TPSA) is 0 Å². The molecule has 3 rings (SSSR count). The molecule has 1 heteroatoms. The molecule has 0 aliphatic heterocycles. The van der Waals surface area contributed by atoms with Crippen LogP contribution in [-0.2, 0) is 6.42 Å². The maximum atomic E-state index is 13.7. The minimum Gasteiger partial charge on any atom is -0.245 e. The van der Waals surface area contributed by atoms with Crippen LogP contribution in [0.25, 0.3) is 5.57 Å². The van der Waals surface area contributed by atoms with E-state index in [1.807, 2.05) is 0 Å². The molecule has 0 N–H and O–H groups in total. The molecular formula is C36H53F. The number of hydrogen-bond donors (Lipinski definition) is 0. The third-order valence-corrected chi connectivity index (χ3v) is 8.80. The standard InChI is InChI=1S/C36H53F/c1-6-14-31-26-34(33-17-9-8-10-18-33)28-36(27-31,23-7-2)25-13-15-29(3)32-21-19-30(20-22-32)16-11-12-24-35(4,5)37/h8-10,17-22,31,34H,3,6-7,11-16,23-28H2,1-2,4-5H3. The number of unbranched alkanes of at least 4 members (excludes halogenated alkanes) is 1. The van der Waals surface area contributed by atoms with Crippen LogP contribution in [0.5, 0.6) is 0 Å². The molecule has 0 saturated heterocycles. The van der Waals surface area contributed by atoms with Crippen LogP contribution >= 0.6 is 0 Å². The lowest BCUT2D eigenvalue weighted by molar-refractivity contribution is 0.0894. The van der Waals surface area contributed by atoms with Gasteiger partial charge in [0.25, 0.3) is 0 Å². The molecule has 0 amide bonds. The molecule has 0 nitrogen and oxygen atoms in total. The fraction of sp³-hybridized carbons (Fsp3) is 0.611. The van der Waals surface area contributed by atoms with E-state index in [9.17, 15) is 4.39 Å². The van der Waals surface area contributed by atoms with Gasteiger partial charge in [-0.3, -0.25) is 0 Å². The van der Waals surface area contributed by atoms with E-state index in [2.05, 4.69) is 75.0 Å². The summed E-state index contributed by atoms with van der Waals surface area (Å²) in [6, 6.07) is 20.3. The fourth-order valence-corrected chi connectivity index (χ4v) is 7.06. The van der Waals surface area contributed by atoms with Crippen molar-refractivity contribution in [3.05, 3.63) is 77.9 Å². The molecule has 0 radical (unpaired) electrons. The van der Waals surface area contributed by atoms with Gasteiger partial charge in [-0.1, -0.05) is 94.3 Å². The molecule has 0 heterocycles. The molecule has 37 heavy (non-hydrogen) atoms. The van der Waals surface area contributed by atoms with Crippen molar-refractivity contribution in [2.75, 3.05) is 0 Å². The van der Waals surface area contributed by atoms with Crippen LogP contribution in [0.1, 0.15) is 134 Å². The minimum atomic E-state index is -1.05. The lowest BCUT2D eigenvalue weighted by Gasteiger charge is -2.45. The second-order valence-electron chi connectivity index (χ2n) is 12.7. The van der Waals surface area contributed by atoms with Gasteiger partial charge in [-0.2, -0.15) is 0 Å². The first-order valence-corrected chi connectivity index (χ1v) is 15.2. The van der Waals surface area contributed by atoms with Crippen molar-refractivity contribution in [2.45, 2.75) is 129 Å². The van der Waals surface area contributed by atoms with Gasteiger partial charge in [0.15, 0.2) is 0 Å². The fourth-order valence-electron chi connectivity index (χ4n) is 7.06. The van der Waals surface area contributed by atoms with E-state index in [0.29, 0.717) is 17.8 Å². The molecule has 0 bridgehead atoms. The zero-order valence-corrected chi connectivity index (χ0v) is 24.3. The van der Waals surface area contributed by atoms with Crippen LogP contribution in [0.4, 0.5) is 4.39 Å². The second-order valence-corrected chi connectivity index (χ2v) is 12.7. The Balaban J connectivity index is 1.56. The quantitative estimate of drug-likeness (QED) is 0.212. The van der Waals surface area contributed by atoms with Gasteiger partial charge in [0.05, 0.1) is 0 Å². The van der Waals surface area contributed by atoms with Gasteiger partial charge in [-0.25, -0.2) is 4.39 Å². The maximum absolute atomic E-state index is 13.7. The number of halogens is 1. The first-order chi connectivity index (χ1) is 17.7. The summed E-state index contributed by atoms with van der Waals surface area (Å²) in [5, 5.41) is 0. The van der Waals surface area contributed by atoms with Gasteiger partial charge in [0.2, 0.25) is 0 Å². The summed E-state index contributed by atoms with van der Waals surface area (Å²) >= 11 is 0. The highest BCUT2D eigenvalue weighted by molar-refractivity contribution is 5.63. The molecule has 3 unspecified atom stereocenters. The van der Waals surface area contributed by atoms with Crippen LogP contribution in [0, 0.1) is 11.3 Å². The Hall–Kier alpha value is -1.89. The Labute approximate surface area is 228 Å². The van der Waals surface area contributed by atoms with Crippen molar-refractivity contribution in [1.29, 1.82) is 0 Å². The molecule has 0 aromatic heterocycles. The van der Waals surface area contributed by atoms with E-state index in [1.165, 1.54) is 74.5 Å². The van der Waals surface area contributed by atoms with Gasteiger partial charge >= 0.3 is 0 Å². The Morgan fingerprint density at radius 2 is 1.65 bits per heavy atom. The van der Waals surface area contributed by atoms with Gasteiger partial charge in [0.1, 0.15) is 5.67 Å². The Morgan fingerprint density at radius 1 is 0.919 bits per heavy atom. The van der Waals surface area contributed by atoms with Gasteiger partial charge in [-0.05, 0) is 124 Å². The lowest BCUT2D eigenvalue weighted by Crippen LogP contribution is -2.33. The summed E-state index contributed by atoms with van der Waals surface area (Å²) in [4.78, 5) is 0. The maximum Gasteiger partial charge on any atom is 0.105 e. The average molecular weight is 505 g/mol. The van der Waals surface area contributed by atoms with Crippen LogP contribution < -0.4 is 0 Å². The highest BCUT2D eigenvalue weighted by Gasteiger charge is 2.39. The summed E-state index contributed by atoms with van der Waals surface area (Å²) < 4.78 is 13.7. The summed E-state index contributed by atoms with van der Waals surface area (Å²) in [5.74, 6) is 1.58. The smallest absolute Gasteiger partial charge is 0.105 e. The van der Waals surface area contributed by atoms with Crippen LogP contribution in [0.2, 0.25) is 0 Å². The summed E-state index contributed by atoms with van der Waals surface area (Å²) in [5.41, 5.74) is 4.90. The Kier molecular flexibility index (Phi) is 11.5. The van der Waals surface area contributed by atoms with E-state index >= 15 is 0 Å². The zero-order valence-electron chi connectivity index (χ0n) is 24.3. The molecule has 1 aliphatic carbocycles. The molecule has 0 spiro atoms. The molecule has 1 aliphatic rings. The SMILES string of the molecule is C=C(CCCC1(CCC)CC(CCC)CC(c2ccccc2)C1)c1ccc(CCCCC(C)(C)F)cc1. The summed E-state index contributed by atoms with van der Waals surface area (Å²) in [6.07, 6.45) is 16.8. The molecule has 1 saturated carbocycles. The second kappa shape index (κ2) is 14.3. The van der Waals surface area contributed by atoms with Gasteiger partial charge in [0, 0.05) is 0 Å². The summed E-state index contributed by atoms with van der Waals surface area (Å²) in [7, 11) is 0. The predicted molar refractivity (Wildman–Crippen MR) is 161 cm³/mol. The van der Waals surface area contributed by atoms with E-state index in [4.69, 9.17) is 0 Å². The monoisotopic (exact) mass is 504 g/mol. The van der Waals surface area contributed by atoms with E-state index in [0.717, 1.165) is 31.6 Å². The molecule has 1 fully saturated rings. The van der Waals surface area contributed by atoms with Crippen LogP contribution in [0.15, 0.2) is 61.2 Å². The minimum absolute atomic E-state index is 0.478. The number of hydrogen-bond acceptors (Lipinski definition) is 0. The number of benzene rings is 2. The predicted octanol–water partition coefficient (Wildman–Crippen LogP) is 11.5. The van der Waals surface area contributed by atoms with E-state index < -0.39 is 5.67 Å².